The smallest absolute Gasteiger partial charge is 0.179 e. The van der Waals surface area contributed by atoms with Crippen LogP contribution in [0.1, 0.15) is 35.7 Å². The zero-order valence-electron chi connectivity index (χ0n) is 15.7. The summed E-state index contributed by atoms with van der Waals surface area (Å²) < 4.78 is 0. The van der Waals surface area contributed by atoms with Gasteiger partial charge in [-0.25, -0.2) is 0 Å². The first-order valence-electron chi connectivity index (χ1n) is 9.77. The van der Waals surface area contributed by atoms with Crippen LogP contribution < -0.4 is 0 Å². The number of nitrogens with zero attached hydrogens (tertiary/aromatic N) is 1. The zero-order valence-corrected chi connectivity index (χ0v) is 15.7. The molecule has 1 aliphatic heterocycles. The summed E-state index contributed by atoms with van der Waals surface area (Å²) in [7, 11) is 0. The number of carbonyl (C=O) groups excluding carboxylic acids is 1. The molecule has 4 nitrogen and oxygen atoms in total. The molecule has 0 amide bonds. The number of hydrogen-bond donors (Lipinski definition) is 2. The number of aliphatic hydroxyl groups is 1. The van der Waals surface area contributed by atoms with Gasteiger partial charge in [0, 0.05) is 25.1 Å². The summed E-state index contributed by atoms with van der Waals surface area (Å²) in [6.07, 6.45) is 2.33. The van der Waals surface area contributed by atoms with E-state index in [9.17, 15) is 15.0 Å². The fourth-order valence-corrected chi connectivity index (χ4v) is 4.97. The summed E-state index contributed by atoms with van der Waals surface area (Å²) in [5.41, 5.74) is 1.21. The Morgan fingerprint density at radius 1 is 1.07 bits per heavy atom. The Kier molecular flexibility index (Phi) is 4.79. The Balaban J connectivity index is 1.38. The minimum Gasteiger partial charge on any atom is -0.508 e. The molecule has 2 N–H and O–H groups in total. The van der Waals surface area contributed by atoms with Gasteiger partial charge in [0.1, 0.15) is 5.75 Å². The lowest BCUT2D eigenvalue weighted by atomic mass is 9.91. The molecule has 1 heterocycles. The van der Waals surface area contributed by atoms with Crippen molar-refractivity contribution in [3.05, 3.63) is 65.7 Å². The van der Waals surface area contributed by atoms with Crippen molar-refractivity contribution in [2.75, 3.05) is 13.1 Å². The Labute approximate surface area is 160 Å². The summed E-state index contributed by atoms with van der Waals surface area (Å²) in [5, 5.41) is 20.5. The van der Waals surface area contributed by atoms with Gasteiger partial charge in [0.05, 0.1) is 11.6 Å². The molecule has 4 atom stereocenters. The van der Waals surface area contributed by atoms with Gasteiger partial charge in [-0.3, -0.25) is 9.69 Å². The molecular formula is C23H27NO3. The predicted molar refractivity (Wildman–Crippen MR) is 105 cm³/mol. The SMILES string of the molecule is CC(C(=O)c1ccc(O)cc1)N1C[C@@H]2C[C@](O)(Cc3ccccc3)C[C@@H]2C1. The molecule has 1 saturated heterocycles. The number of Topliss-reactive ketones (excluding diaryl/α,β-unsaturated/α-hetero) is 1. The van der Waals surface area contributed by atoms with Gasteiger partial charge in [-0.2, -0.15) is 0 Å². The molecule has 0 spiro atoms. The molecule has 0 radical (unpaired) electrons. The third-order valence-corrected chi connectivity index (χ3v) is 6.34. The van der Waals surface area contributed by atoms with Crippen LogP contribution in [0.15, 0.2) is 54.6 Å². The van der Waals surface area contributed by atoms with Gasteiger partial charge in [0.25, 0.3) is 0 Å². The Bertz CT molecular complexity index is 788. The quantitative estimate of drug-likeness (QED) is 0.799. The van der Waals surface area contributed by atoms with Gasteiger partial charge in [-0.15, -0.1) is 0 Å². The van der Waals surface area contributed by atoms with Crippen LogP contribution in [0, 0.1) is 11.8 Å². The highest BCUT2D eigenvalue weighted by atomic mass is 16.3. The summed E-state index contributed by atoms with van der Waals surface area (Å²) in [6, 6.07) is 16.5. The summed E-state index contributed by atoms with van der Waals surface area (Å²) in [6.45, 7) is 3.70. The van der Waals surface area contributed by atoms with E-state index in [0.717, 1.165) is 25.9 Å². The number of fused-ring (bicyclic) bond motifs is 1. The zero-order chi connectivity index (χ0) is 19.0. The normalized spacial score (nSPS) is 28.8. The molecular weight excluding hydrogens is 338 g/mol. The summed E-state index contributed by atoms with van der Waals surface area (Å²) in [5.74, 6) is 1.17. The highest BCUT2D eigenvalue weighted by Crippen LogP contribution is 2.45. The second kappa shape index (κ2) is 7.10. The molecule has 1 saturated carbocycles. The molecule has 2 aromatic rings. The predicted octanol–water partition coefficient (Wildman–Crippen LogP) is 3.28. The number of hydrogen-bond acceptors (Lipinski definition) is 4. The lowest BCUT2D eigenvalue weighted by Gasteiger charge is -2.28. The minimum atomic E-state index is -0.618. The molecule has 2 aromatic carbocycles. The van der Waals surface area contributed by atoms with Crippen molar-refractivity contribution < 1.29 is 15.0 Å². The number of carbonyl (C=O) groups is 1. The molecule has 27 heavy (non-hydrogen) atoms. The first-order chi connectivity index (χ1) is 12.9. The fraction of sp³-hybridized carbons (Fsp3) is 0.435. The van der Waals surface area contributed by atoms with E-state index in [0.29, 0.717) is 23.8 Å². The summed E-state index contributed by atoms with van der Waals surface area (Å²) >= 11 is 0. The molecule has 4 rings (SSSR count). The minimum absolute atomic E-state index is 0.0921. The highest BCUT2D eigenvalue weighted by Gasteiger charge is 2.49. The molecule has 2 aliphatic rings. The Morgan fingerprint density at radius 2 is 1.67 bits per heavy atom. The van der Waals surface area contributed by atoms with E-state index < -0.39 is 5.60 Å². The maximum atomic E-state index is 12.8. The van der Waals surface area contributed by atoms with Crippen molar-refractivity contribution in [2.24, 2.45) is 11.8 Å². The van der Waals surface area contributed by atoms with Crippen LogP contribution in [0.25, 0.3) is 0 Å². The lowest BCUT2D eigenvalue weighted by Crippen LogP contribution is -2.39. The molecule has 142 valence electrons. The van der Waals surface area contributed by atoms with Crippen molar-refractivity contribution in [3.8, 4) is 5.75 Å². The van der Waals surface area contributed by atoms with Gasteiger partial charge in [-0.05, 0) is 61.4 Å². The highest BCUT2D eigenvalue weighted by molar-refractivity contribution is 5.99. The number of ketones is 1. The van der Waals surface area contributed by atoms with Gasteiger partial charge in [0.2, 0.25) is 0 Å². The molecule has 1 unspecified atom stereocenters. The molecule has 0 aromatic heterocycles. The number of aromatic hydroxyl groups is 1. The number of phenolic OH excluding ortho intramolecular Hbond substituents is 1. The number of phenols is 1. The van der Waals surface area contributed by atoms with Crippen molar-refractivity contribution in [2.45, 2.75) is 37.8 Å². The average molecular weight is 365 g/mol. The van der Waals surface area contributed by atoms with Gasteiger partial charge in [-0.1, -0.05) is 30.3 Å². The van der Waals surface area contributed by atoms with E-state index in [1.807, 2.05) is 25.1 Å². The second-order valence-corrected chi connectivity index (χ2v) is 8.36. The van der Waals surface area contributed by atoms with E-state index in [2.05, 4.69) is 17.0 Å². The second-order valence-electron chi connectivity index (χ2n) is 8.36. The number of benzene rings is 2. The molecule has 2 fully saturated rings. The van der Waals surface area contributed by atoms with E-state index in [-0.39, 0.29) is 17.6 Å². The van der Waals surface area contributed by atoms with Crippen molar-refractivity contribution in [3.63, 3.8) is 0 Å². The number of likely N-dealkylation sites (tertiary alicyclic amines) is 1. The van der Waals surface area contributed by atoms with Crippen molar-refractivity contribution >= 4 is 5.78 Å². The molecule has 4 heteroatoms. The van der Waals surface area contributed by atoms with Gasteiger partial charge < -0.3 is 10.2 Å². The standard InChI is InChI=1S/C23H27NO3/c1-16(22(26)18-7-9-21(25)10-8-18)24-14-19-12-23(27,13-20(19)15-24)11-17-5-3-2-4-6-17/h2-10,16,19-20,25,27H,11-15H2,1H3/t16?,19-,20+,23+. The average Bonchev–Trinajstić information content (AvgIpc) is 3.16. The largest absolute Gasteiger partial charge is 0.508 e. The first-order valence-corrected chi connectivity index (χ1v) is 9.77. The lowest BCUT2D eigenvalue weighted by molar-refractivity contribution is 0.0337. The van der Waals surface area contributed by atoms with E-state index >= 15 is 0 Å². The number of rotatable bonds is 5. The van der Waals surface area contributed by atoms with E-state index in [4.69, 9.17) is 0 Å². The monoisotopic (exact) mass is 365 g/mol. The Hall–Kier alpha value is -2.17. The van der Waals surface area contributed by atoms with Crippen LogP contribution in [0.3, 0.4) is 0 Å². The van der Waals surface area contributed by atoms with Gasteiger partial charge in [0.15, 0.2) is 5.78 Å². The van der Waals surface area contributed by atoms with Crippen LogP contribution >= 0.6 is 0 Å². The van der Waals surface area contributed by atoms with E-state index in [1.54, 1.807) is 24.3 Å². The van der Waals surface area contributed by atoms with Crippen molar-refractivity contribution in [1.29, 1.82) is 0 Å². The third-order valence-electron chi connectivity index (χ3n) is 6.34. The van der Waals surface area contributed by atoms with Crippen molar-refractivity contribution in [1.82, 2.24) is 4.90 Å². The van der Waals surface area contributed by atoms with Crippen LogP contribution in [0.4, 0.5) is 0 Å². The maximum absolute atomic E-state index is 12.8. The molecule has 0 bridgehead atoms. The van der Waals surface area contributed by atoms with Crippen LogP contribution in [0.2, 0.25) is 0 Å². The third kappa shape index (κ3) is 3.78. The van der Waals surface area contributed by atoms with Crippen LogP contribution in [-0.2, 0) is 6.42 Å². The topological polar surface area (TPSA) is 60.8 Å². The fourth-order valence-electron chi connectivity index (χ4n) is 4.97. The van der Waals surface area contributed by atoms with Gasteiger partial charge >= 0.3 is 0 Å². The maximum Gasteiger partial charge on any atom is 0.179 e. The van der Waals surface area contributed by atoms with E-state index in [1.165, 1.54) is 5.56 Å². The Morgan fingerprint density at radius 3 is 2.26 bits per heavy atom. The first kappa shape index (κ1) is 18.2. The van der Waals surface area contributed by atoms with Crippen LogP contribution in [0.5, 0.6) is 5.75 Å². The van der Waals surface area contributed by atoms with Crippen LogP contribution in [-0.4, -0.2) is 45.6 Å². The summed E-state index contributed by atoms with van der Waals surface area (Å²) in [4.78, 5) is 15.0. The molecule has 1 aliphatic carbocycles.